The molecule has 0 bridgehead atoms. The van der Waals surface area contributed by atoms with E-state index >= 15 is 0 Å². The fourth-order valence-electron chi connectivity index (χ4n) is 1.54. The topological polar surface area (TPSA) is 56.3 Å². The van der Waals surface area contributed by atoms with Crippen LogP contribution in [0, 0.1) is 0 Å². The lowest BCUT2D eigenvalue weighted by Gasteiger charge is -2.08. The van der Waals surface area contributed by atoms with E-state index in [1.54, 1.807) is 13.3 Å². The van der Waals surface area contributed by atoms with Gasteiger partial charge in [0.2, 0.25) is 11.8 Å². The lowest BCUT2D eigenvalue weighted by Crippen LogP contribution is -1.99. The largest absolute Gasteiger partial charge is 0.494 e. The molecule has 0 aliphatic heterocycles. The van der Waals surface area contributed by atoms with Crippen molar-refractivity contribution in [1.82, 2.24) is 9.97 Å². The number of hydrogen-bond donors (Lipinski definition) is 1. The Kier molecular flexibility index (Phi) is 5.17. The summed E-state index contributed by atoms with van der Waals surface area (Å²) in [5.74, 6) is 1.82. The van der Waals surface area contributed by atoms with Gasteiger partial charge in [0.25, 0.3) is 0 Å². The zero-order valence-electron chi connectivity index (χ0n) is 11.4. The molecule has 2 rings (SSSR count). The molecule has 0 atom stereocenters. The van der Waals surface area contributed by atoms with Crippen LogP contribution in [-0.2, 0) is 0 Å². The number of hydrogen-bond acceptors (Lipinski definition) is 5. The third-order valence-corrected chi connectivity index (χ3v) is 3.03. The van der Waals surface area contributed by atoms with Gasteiger partial charge in [0.15, 0.2) is 0 Å². The number of methoxy groups -OCH3 is 1. The van der Waals surface area contributed by atoms with Crippen molar-refractivity contribution in [1.29, 1.82) is 0 Å². The Morgan fingerprint density at radius 1 is 1.25 bits per heavy atom. The van der Waals surface area contributed by atoms with Crippen LogP contribution in [0.3, 0.4) is 0 Å². The van der Waals surface area contributed by atoms with Gasteiger partial charge in [-0.05, 0) is 46.6 Å². The maximum atomic E-state index is 5.53. The third-order valence-electron chi connectivity index (χ3n) is 2.49. The zero-order chi connectivity index (χ0) is 14.4. The highest BCUT2D eigenvalue weighted by atomic mass is 79.9. The van der Waals surface area contributed by atoms with E-state index in [1.807, 2.05) is 24.3 Å². The van der Waals surface area contributed by atoms with Crippen LogP contribution in [0.2, 0.25) is 0 Å². The Balaban J connectivity index is 2.06. The predicted octanol–water partition coefficient (Wildman–Crippen LogP) is 3.78. The van der Waals surface area contributed by atoms with Crippen LogP contribution < -0.4 is 14.8 Å². The molecular formula is C14H16BrN3O2. The molecule has 6 heteroatoms. The van der Waals surface area contributed by atoms with Gasteiger partial charge in [-0.25, -0.2) is 4.98 Å². The smallest absolute Gasteiger partial charge is 0.232 e. The Bertz CT molecular complexity index is 561. The van der Waals surface area contributed by atoms with E-state index in [9.17, 15) is 0 Å². The van der Waals surface area contributed by atoms with Gasteiger partial charge in [-0.15, -0.1) is 0 Å². The van der Waals surface area contributed by atoms with Gasteiger partial charge >= 0.3 is 0 Å². The molecular weight excluding hydrogens is 322 g/mol. The van der Waals surface area contributed by atoms with Crippen LogP contribution >= 0.6 is 15.9 Å². The van der Waals surface area contributed by atoms with Crippen LogP contribution in [0.25, 0.3) is 0 Å². The van der Waals surface area contributed by atoms with Crippen molar-refractivity contribution in [2.75, 3.05) is 19.0 Å². The summed E-state index contributed by atoms with van der Waals surface area (Å²) in [6.45, 7) is 2.80. The number of nitrogens with zero attached hydrogens (tertiary/aromatic N) is 2. The molecule has 20 heavy (non-hydrogen) atoms. The van der Waals surface area contributed by atoms with Crippen LogP contribution in [0.15, 0.2) is 34.9 Å². The first-order chi connectivity index (χ1) is 9.72. The second-order valence-electron chi connectivity index (χ2n) is 4.05. The maximum Gasteiger partial charge on any atom is 0.232 e. The number of halogens is 1. The van der Waals surface area contributed by atoms with Crippen molar-refractivity contribution in [2.24, 2.45) is 0 Å². The molecule has 2 aromatic rings. The first-order valence-corrected chi connectivity index (χ1v) is 7.08. The second kappa shape index (κ2) is 7.09. The number of ether oxygens (including phenoxy) is 2. The number of anilines is 2. The first kappa shape index (κ1) is 14.6. The van der Waals surface area contributed by atoms with Crippen molar-refractivity contribution in [2.45, 2.75) is 13.3 Å². The van der Waals surface area contributed by atoms with Gasteiger partial charge in [-0.3, -0.25) is 0 Å². The predicted molar refractivity (Wildman–Crippen MR) is 81.8 cm³/mol. The SMILES string of the molecule is CCCOc1ccc(Nc2ncc(Br)c(OC)n2)cc1. The lowest BCUT2D eigenvalue weighted by atomic mass is 10.3. The number of aromatic nitrogens is 2. The normalized spacial score (nSPS) is 10.2. The molecule has 0 amide bonds. The average molecular weight is 338 g/mol. The molecule has 0 aliphatic rings. The minimum Gasteiger partial charge on any atom is -0.494 e. The van der Waals surface area contributed by atoms with Crippen LogP contribution in [0.4, 0.5) is 11.6 Å². The van der Waals surface area contributed by atoms with E-state index in [0.29, 0.717) is 16.3 Å². The highest BCUT2D eigenvalue weighted by molar-refractivity contribution is 9.10. The molecule has 0 radical (unpaired) electrons. The Morgan fingerprint density at radius 3 is 2.65 bits per heavy atom. The lowest BCUT2D eigenvalue weighted by molar-refractivity contribution is 0.317. The summed E-state index contributed by atoms with van der Waals surface area (Å²) in [5, 5.41) is 3.11. The van der Waals surface area contributed by atoms with Gasteiger partial charge in [0, 0.05) is 5.69 Å². The van der Waals surface area contributed by atoms with Crippen molar-refractivity contribution < 1.29 is 9.47 Å². The quantitative estimate of drug-likeness (QED) is 0.869. The fraction of sp³-hybridized carbons (Fsp3) is 0.286. The van der Waals surface area contributed by atoms with Crippen LogP contribution in [0.1, 0.15) is 13.3 Å². The summed E-state index contributed by atoms with van der Waals surface area (Å²) in [5.41, 5.74) is 0.887. The van der Waals surface area contributed by atoms with Crippen LogP contribution in [0.5, 0.6) is 11.6 Å². The van der Waals surface area contributed by atoms with Gasteiger partial charge in [0.05, 0.1) is 24.4 Å². The van der Waals surface area contributed by atoms with E-state index in [0.717, 1.165) is 24.5 Å². The van der Waals surface area contributed by atoms with Gasteiger partial charge < -0.3 is 14.8 Å². The Morgan fingerprint density at radius 2 is 2.00 bits per heavy atom. The van der Waals surface area contributed by atoms with Gasteiger partial charge in [0.1, 0.15) is 5.75 Å². The zero-order valence-corrected chi connectivity index (χ0v) is 13.0. The Labute approximate surface area is 126 Å². The first-order valence-electron chi connectivity index (χ1n) is 6.29. The maximum absolute atomic E-state index is 5.53. The standard InChI is InChI=1S/C14H16BrN3O2/c1-3-8-20-11-6-4-10(5-7-11)17-14-16-9-12(15)13(18-14)19-2/h4-7,9H,3,8H2,1-2H3,(H,16,17,18). The summed E-state index contributed by atoms with van der Waals surface area (Å²) in [6, 6.07) is 7.66. The highest BCUT2D eigenvalue weighted by Gasteiger charge is 2.05. The molecule has 0 saturated carbocycles. The molecule has 1 heterocycles. The molecule has 1 N–H and O–H groups in total. The molecule has 5 nitrogen and oxygen atoms in total. The van der Waals surface area contributed by atoms with E-state index in [1.165, 1.54) is 0 Å². The number of benzene rings is 1. The minimum absolute atomic E-state index is 0.479. The fourth-order valence-corrected chi connectivity index (χ4v) is 1.89. The molecule has 0 spiro atoms. The van der Waals surface area contributed by atoms with Crippen LogP contribution in [-0.4, -0.2) is 23.7 Å². The van der Waals surface area contributed by atoms with Gasteiger partial charge in [-0.2, -0.15) is 4.98 Å². The second-order valence-corrected chi connectivity index (χ2v) is 4.90. The minimum atomic E-state index is 0.479. The van der Waals surface area contributed by atoms with E-state index in [-0.39, 0.29) is 0 Å². The molecule has 0 saturated heterocycles. The monoisotopic (exact) mass is 337 g/mol. The molecule has 1 aromatic heterocycles. The molecule has 106 valence electrons. The van der Waals surface area contributed by atoms with Crippen molar-refractivity contribution in [3.63, 3.8) is 0 Å². The third kappa shape index (κ3) is 3.84. The summed E-state index contributed by atoms with van der Waals surface area (Å²) in [4.78, 5) is 8.41. The van der Waals surface area contributed by atoms with Crippen molar-refractivity contribution >= 4 is 27.6 Å². The molecule has 0 fully saturated rings. The summed E-state index contributed by atoms with van der Waals surface area (Å²) in [7, 11) is 1.57. The average Bonchev–Trinajstić information content (AvgIpc) is 2.48. The molecule has 1 aromatic carbocycles. The Hall–Kier alpha value is -1.82. The van der Waals surface area contributed by atoms with E-state index in [4.69, 9.17) is 9.47 Å². The summed E-state index contributed by atoms with van der Waals surface area (Å²) < 4.78 is 11.4. The molecule has 0 aliphatic carbocycles. The van der Waals surface area contributed by atoms with E-state index < -0.39 is 0 Å². The number of rotatable bonds is 6. The van der Waals surface area contributed by atoms with Gasteiger partial charge in [-0.1, -0.05) is 6.92 Å². The van der Waals surface area contributed by atoms with Crippen molar-refractivity contribution in [3.8, 4) is 11.6 Å². The van der Waals surface area contributed by atoms with Crippen molar-refractivity contribution in [3.05, 3.63) is 34.9 Å². The highest BCUT2D eigenvalue weighted by Crippen LogP contribution is 2.24. The molecule has 0 unspecified atom stereocenters. The number of nitrogens with one attached hydrogen (secondary N) is 1. The summed E-state index contributed by atoms with van der Waals surface area (Å²) in [6.07, 6.45) is 2.64. The van der Waals surface area contributed by atoms with E-state index in [2.05, 4.69) is 38.1 Å². The summed E-state index contributed by atoms with van der Waals surface area (Å²) >= 11 is 3.32.